The van der Waals surface area contributed by atoms with E-state index < -0.39 is 0 Å². The lowest BCUT2D eigenvalue weighted by atomic mass is 9.87. The number of carbonyl (C=O) groups is 2. The summed E-state index contributed by atoms with van der Waals surface area (Å²) in [6.07, 6.45) is 7.88. The first-order chi connectivity index (χ1) is 21.2. The minimum Gasteiger partial charge on any atom is -0.383 e. The van der Waals surface area contributed by atoms with Crippen molar-refractivity contribution in [2.75, 3.05) is 71.6 Å². The van der Waals surface area contributed by atoms with Gasteiger partial charge in [-0.2, -0.15) is 0 Å². The number of hydrogen-bond acceptors (Lipinski definition) is 7. The van der Waals surface area contributed by atoms with Gasteiger partial charge in [0.1, 0.15) is 0 Å². The van der Waals surface area contributed by atoms with E-state index >= 15 is 0 Å². The number of ether oxygens (including phenoxy) is 2. The molecule has 0 radical (unpaired) electrons. The van der Waals surface area contributed by atoms with Crippen molar-refractivity contribution < 1.29 is 19.1 Å². The molecule has 0 aromatic heterocycles. The molecular formula is C37H53N3O4. The zero-order valence-electron chi connectivity index (χ0n) is 28.0. The van der Waals surface area contributed by atoms with E-state index in [2.05, 4.69) is 59.6 Å². The summed E-state index contributed by atoms with van der Waals surface area (Å²) in [6.45, 7) is 14.8. The Bertz CT molecular complexity index is 1290. The van der Waals surface area contributed by atoms with Crippen LogP contribution in [0.2, 0.25) is 0 Å². The molecule has 2 aliphatic carbocycles. The lowest BCUT2D eigenvalue weighted by molar-refractivity contribution is -0.115. The highest BCUT2D eigenvalue weighted by molar-refractivity contribution is 6.02. The van der Waals surface area contributed by atoms with E-state index in [0.29, 0.717) is 37.9 Å². The normalized spacial score (nSPS) is 21.2. The second kappa shape index (κ2) is 16.5. The summed E-state index contributed by atoms with van der Waals surface area (Å²) < 4.78 is 10.8. The minimum absolute atomic E-state index is 0.0829. The van der Waals surface area contributed by atoms with Crippen LogP contribution in [0.15, 0.2) is 34.9 Å². The molecule has 240 valence electrons. The molecule has 3 aliphatic rings. The fraction of sp³-hybridized carbons (Fsp3) is 0.622. The van der Waals surface area contributed by atoms with E-state index in [1.807, 2.05) is 19.9 Å². The Balaban J connectivity index is 1.57. The number of ketones is 2. The molecule has 1 aromatic carbocycles. The summed E-state index contributed by atoms with van der Waals surface area (Å²) in [7, 11) is 3.97. The number of likely N-dealkylation sites (N-methyl/N-ethyl adjacent to an activating group) is 1. The van der Waals surface area contributed by atoms with Crippen LogP contribution in [0.3, 0.4) is 0 Å². The van der Waals surface area contributed by atoms with Gasteiger partial charge in [0.05, 0.1) is 26.4 Å². The van der Waals surface area contributed by atoms with Gasteiger partial charge in [0.25, 0.3) is 0 Å². The van der Waals surface area contributed by atoms with Crippen molar-refractivity contribution in [2.45, 2.75) is 84.7 Å². The van der Waals surface area contributed by atoms with Crippen molar-refractivity contribution in [3.05, 3.63) is 51.6 Å². The van der Waals surface area contributed by atoms with Gasteiger partial charge < -0.3 is 19.3 Å². The number of carbonyl (C=O) groups excluding carboxylic acids is 2. The van der Waals surface area contributed by atoms with Crippen LogP contribution in [0.1, 0.15) is 87.2 Å². The topological polar surface area (TPSA) is 62.3 Å². The van der Waals surface area contributed by atoms with E-state index in [1.165, 1.54) is 0 Å². The summed E-state index contributed by atoms with van der Waals surface area (Å²) >= 11 is 0. The molecule has 44 heavy (non-hydrogen) atoms. The van der Waals surface area contributed by atoms with E-state index in [-0.39, 0.29) is 11.6 Å². The van der Waals surface area contributed by atoms with Crippen LogP contribution in [0.5, 0.6) is 0 Å². The average molecular weight is 604 g/mol. The molecular weight excluding hydrogens is 550 g/mol. The molecule has 0 N–H and O–H groups in total. The molecule has 1 saturated carbocycles. The lowest BCUT2D eigenvalue weighted by Gasteiger charge is -2.41. The molecule has 1 aliphatic heterocycles. The molecule has 2 fully saturated rings. The van der Waals surface area contributed by atoms with Crippen LogP contribution in [0.4, 0.5) is 5.69 Å². The molecule has 1 saturated heterocycles. The zero-order valence-corrected chi connectivity index (χ0v) is 28.0. The largest absolute Gasteiger partial charge is 0.383 e. The maximum absolute atomic E-state index is 13.8. The SMILES string of the molecule is CCN(c1cc(C#CCN2CCOCC2)cc(C(=O)CCC2=C(C)C=C(C)CC2=O)c1C)C1CCC(N(C)CCOC)CC1. The van der Waals surface area contributed by atoms with Crippen molar-refractivity contribution >= 4 is 17.3 Å². The van der Waals surface area contributed by atoms with Gasteiger partial charge >= 0.3 is 0 Å². The Labute approximate surface area is 265 Å². The quantitative estimate of drug-likeness (QED) is 0.228. The highest BCUT2D eigenvalue weighted by Crippen LogP contribution is 2.34. The van der Waals surface area contributed by atoms with Gasteiger partial charge in [-0.15, -0.1) is 0 Å². The van der Waals surface area contributed by atoms with Crippen LogP contribution in [-0.4, -0.2) is 100 Å². The summed E-state index contributed by atoms with van der Waals surface area (Å²) in [6, 6.07) is 5.18. The van der Waals surface area contributed by atoms with Crippen molar-refractivity contribution in [2.24, 2.45) is 0 Å². The van der Waals surface area contributed by atoms with Gasteiger partial charge in [0.15, 0.2) is 11.6 Å². The van der Waals surface area contributed by atoms with Gasteiger partial charge in [-0.05, 0) is 95.7 Å². The summed E-state index contributed by atoms with van der Waals surface area (Å²) in [5, 5.41) is 0. The van der Waals surface area contributed by atoms with Crippen molar-refractivity contribution in [1.29, 1.82) is 0 Å². The fourth-order valence-corrected chi connectivity index (χ4v) is 7.02. The van der Waals surface area contributed by atoms with Crippen LogP contribution >= 0.6 is 0 Å². The number of methoxy groups -OCH3 is 1. The van der Waals surface area contributed by atoms with Crippen LogP contribution < -0.4 is 4.90 Å². The molecule has 0 amide bonds. The monoisotopic (exact) mass is 603 g/mol. The molecule has 1 aromatic rings. The number of Topliss-reactive ketones (excluding diaryl/α,β-unsaturated/α-hetero) is 2. The molecule has 7 heteroatoms. The molecule has 7 nitrogen and oxygen atoms in total. The maximum atomic E-state index is 13.8. The smallest absolute Gasteiger partial charge is 0.163 e. The van der Waals surface area contributed by atoms with E-state index in [9.17, 15) is 9.59 Å². The lowest BCUT2D eigenvalue weighted by Crippen LogP contribution is -2.44. The van der Waals surface area contributed by atoms with Gasteiger partial charge in [0, 0.05) is 75.0 Å². The van der Waals surface area contributed by atoms with Crippen LogP contribution in [-0.2, 0) is 14.3 Å². The number of hydrogen-bond donors (Lipinski definition) is 0. The molecule has 1 heterocycles. The number of rotatable bonds is 12. The Morgan fingerprint density at radius 3 is 2.45 bits per heavy atom. The Morgan fingerprint density at radius 2 is 1.80 bits per heavy atom. The minimum atomic E-state index is 0.0829. The third-order valence-corrected chi connectivity index (χ3v) is 9.67. The van der Waals surface area contributed by atoms with Crippen molar-refractivity contribution in [3.8, 4) is 11.8 Å². The standard InChI is InChI=1S/C37H53N3O4/c1-7-40(32-12-10-31(11-13-32)38(5)17-20-43-6)35-26-30(9-8-16-39-18-21-44-22-19-39)25-34(29(35)4)36(41)15-14-33-28(3)23-27(2)24-37(33)42/h23,25-26,31-32H,7,10-22,24H2,1-6H3. The Morgan fingerprint density at radius 1 is 1.09 bits per heavy atom. The zero-order chi connectivity index (χ0) is 31.6. The number of nitrogens with zero attached hydrogens (tertiary/aromatic N) is 3. The van der Waals surface area contributed by atoms with E-state index in [1.54, 1.807) is 7.11 Å². The van der Waals surface area contributed by atoms with Crippen LogP contribution in [0.25, 0.3) is 0 Å². The molecule has 0 spiro atoms. The van der Waals surface area contributed by atoms with Gasteiger partial charge in [-0.1, -0.05) is 23.5 Å². The Hall–Kier alpha value is -2.76. The number of anilines is 1. The summed E-state index contributed by atoms with van der Waals surface area (Å²) in [5.74, 6) is 7.01. The second-order valence-corrected chi connectivity index (χ2v) is 12.8. The van der Waals surface area contributed by atoms with E-state index in [4.69, 9.17) is 9.47 Å². The molecule has 4 rings (SSSR count). The average Bonchev–Trinajstić information content (AvgIpc) is 3.01. The fourth-order valence-electron chi connectivity index (χ4n) is 7.02. The van der Waals surface area contributed by atoms with Gasteiger partial charge in [0.2, 0.25) is 0 Å². The number of morpholine rings is 1. The van der Waals surface area contributed by atoms with Crippen molar-refractivity contribution in [1.82, 2.24) is 9.80 Å². The predicted molar refractivity (Wildman–Crippen MR) is 179 cm³/mol. The van der Waals surface area contributed by atoms with Crippen LogP contribution in [0, 0.1) is 18.8 Å². The third-order valence-electron chi connectivity index (χ3n) is 9.67. The maximum Gasteiger partial charge on any atom is 0.163 e. The number of allylic oxidation sites excluding steroid dienone is 4. The summed E-state index contributed by atoms with van der Waals surface area (Å²) in [5.41, 5.74) is 6.63. The first-order valence-electron chi connectivity index (χ1n) is 16.5. The number of benzene rings is 1. The highest BCUT2D eigenvalue weighted by atomic mass is 16.5. The second-order valence-electron chi connectivity index (χ2n) is 12.8. The predicted octanol–water partition coefficient (Wildman–Crippen LogP) is 5.59. The molecule has 0 bridgehead atoms. The first kappa shape index (κ1) is 34.1. The summed E-state index contributed by atoms with van der Waals surface area (Å²) in [4.78, 5) is 33.9. The highest BCUT2D eigenvalue weighted by Gasteiger charge is 2.29. The molecule has 0 atom stereocenters. The first-order valence-corrected chi connectivity index (χ1v) is 16.5. The van der Waals surface area contributed by atoms with Gasteiger partial charge in [-0.25, -0.2) is 0 Å². The van der Waals surface area contributed by atoms with E-state index in [0.717, 1.165) is 111 Å². The third kappa shape index (κ3) is 8.91. The Kier molecular flexibility index (Phi) is 12.8. The van der Waals surface area contributed by atoms with Crippen molar-refractivity contribution in [3.63, 3.8) is 0 Å². The molecule has 0 unspecified atom stereocenters. The van der Waals surface area contributed by atoms with Gasteiger partial charge in [-0.3, -0.25) is 14.5 Å².